The first kappa shape index (κ1) is 16.1. The number of rotatable bonds is 3. The Morgan fingerprint density at radius 2 is 2.05 bits per heavy atom. The average Bonchev–Trinajstić information content (AvgIpc) is 2.58. The van der Waals surface area contributed by atoms with E-state index in [1.165, 1.54) is 7.11 Å². The Balaban J connectivity index is 2.30. The fourth-order valence-corrected chi connectivity index (χ4v) is 3.07. The highest BCUT2D eigenvalue weighted by atomic mass is 35.5. The lowest BCUT2D eigenvalue weighted by Crippen LogP contribution is -2.38. The molecule has 21 heavy (non-hydrogen) atoms. The van der Waals surface area contributed by atoms with Gasteiger partial charge in [-0.15, -0.1) is 0 Å². The second kappa shape index (κ2) is 5.50. The predicted octanol–water partition coefficient (Wildman–Crippen LogP) is 3.88. The molecular weight excluding hydrogens is 290 g/mol. The molecule has 0 radical (unpaired) electrons. The molecule has 0 spiro atoms. The third-order valence-corrected chi connectivity index (χ3v) is 4.03. The number of carbonyl (C=O) groups excluding carboxylic acids is 1. The summed E-state index contributed by atoms with van der Waals surface area (Å²) in [5.74, 6) is -0.406. The molecule has 2 rings (SSSR count). The van der Waals surface area contributed by atoms with Crippen LogP contribution in [0.5, 0.6) is 0 Å². The molecular formula is C16H22ClNO3. The highest BCUT2D eigenvalue weighted by Gasteiger charge is 2.46. The summed E-state index contributed by atoms with van der Waals surface area (Å²) >= 11 is 5.98. The molecule has 0 bridgehead atoms. The number of esters is 1. The first-order valence-corrected chi connectivity index (χ1v) is 7.37. The number of halogens is 1. The Morgan fingerprint density at radius 3 is 2.57 bits per heavy atom. The number of hydrogen-bond acceptors (Lipinski definition) is 4. The maximum Gasteiger partial charge on any atom is 0.340 e. The summed E-state index contributed by atoms with van der Waals surface area (Å²) in [4.78, 5) is 11.9. The molecule has 0 amide bonds. The summed E-state index contributed by atoms with van der Waals surface area (Å²) < 4.78 is 10.9. The Labute approximate surface area is 130 Å². The lowest BCUT2D eigenvalue weighted by atomic mass is 9.94. The number of methoxy groups -OCH3 is 1. The van der Waals surface area contributed by atoms with E-state index in [1.807, 2.05) is 13.8 Å². The van der Waals surface area contributed by atoms with Crippen molar-refractivity contribution in [3.8, 4) is 0 Å². The monoisotopic (exact) mass is 311 g/mol. The van der Waals surface area contributed by atoms with Crippen molar-refractivity contribution in [3.05, 3.63) is 28.8 Å². The zero-order valence-corrected chi connectivity index (χ0v) is 13.9. The van der Waals surface area contributed by atoms with Gasteiger partial charge in [0, 0.05) is 10.7 Å². The van der Waals surface area contributed by atoms with Crippen molar-refractivity contribution in [2.75, 3.05) is 12.4 Å². The number of carbonyl (C=O) groups is 1. The second-order valence-corrected chi connectivity index (χ2v) is 6.98. The highest BCUT2D eigenvalue weighted by molar-refractivity contribution is 6.31. The first-order valence-electron chi connectivity index (χ1n) is 6.99. The molecule has 1 N–H and O–H groups in total. The van der Waals surface area contributed by atoms with Gasteiger partial charge in [-0.25, -0.2) is 4.79 Å². The Bertz CT molecular complexity index is 554. The fraction of sp³-hybridized carbons (Fsp3) is 0.562. The molecule has 1 unspecified atom stereocenters. The number of anilines is 1. The summed E-state index contributed by atoms with van der Waals surface area (Å²) in [6.07, 6.45) is 0.850. The van der Waals surface area contributed by atoms with Crippen LogP contribution in [0.1, 0.15) is 44.5 Å². The summed E-state index contributed by atoms with van der Waals surface area (Å²) in [5.41, 5.74) is 0.631. The van der Waals surface area contributed by atoms with Crippen molar-refractivity contribution < 1.29 is 14.3 Å². The molecule has 1 fully saturated rings. The number of hydrogen-bond donors (Lipinski definition) is 1. The van der Waals surface area contributed by atoms with Gasteiger partial charge in [-0.1, -0.05) is 11.6 Å². The lowest BCUT2D eigenvalue weighted by Gasteiger charge is -2.28. The smallest absolute Gasteiger partial charge is 0.340 e. The molecule has 1 saturated heterocycles. The summed E-state index contributed by atoms with van der Waals surface area (Å²) in [5, 5.41) is 3.92. The molecule has 4 nitrogen and oxygen atoms in total. The molecule has 1 heterocycles. The maximum absolute atomic E-state index is 11.9. The summed E-state index contributed by atoms with van der Waals surface area (Å²) in [7, 11) is 1.36. The summed E-state index contributed by atoms with van der Waals surface area (Å²) in [6.45, 7) is 8.24. The van der Waals surface area contributed by atoms with Crippen LogP contribution in [0.3, 0.4) is 0 Å². The van der Waals surface area contributed by atoms with Crippen LogP contribution in [-0.2, 0) is 9.47 Å². The van der Waals surface area contributed by atoms with Crippen molar-refractivity contribution in [1.82, 2.24) is 0 Å². The zero-order valence-electron chi connectivity index (χ0n) is 13.1. The third-order valence-electron chi connectivity index (χ3n) is 3.79. The molecule has 116 valence electrons. The quantitative estimate of drug-likeness (QED) is 0.860. The van der Waals surface area contributed by atoms with Crippen LogP contribution < -0.4 is 5.32 Å². The molecule has 1 aliphatic rings. The minimum absolute atomic E-state index is 0.0945. The first-order chi connectivity index (χ1) is 9.64. The molecule has 1 aromatic rings. The molecule has 5 heteroatoms. The van der Waals surface area contributed by atoms with E-state index in [1.54, 1.807) is 18.2 Å². The molecule has 0 saturated carbocycles. The van der Waals surface area contributed by atoms with Crippen molar-refractivity contribution in [3.63, 3.8) is 0 Å². The van der Waals surface area contributed by atoms with Crippen LogP contribution in [0, 0.1) is 0 Å². The normalized spacial score (nSPS) is 22.9. The second-order valence-electron chi connectivity index (χ2n) is 6.55. The van der Waals surface area contributed by atoms with Crippen LogP contribution in [-0.4, -0.2) is 30.3 Å². The topological polar surface area (TPSA) is 47.6 Å². The van der Waals surface area contributed by atoms with Gasteiger partial charge in [0.1, 0.15) is 0 Å². The number of nitrogens with one attached hydrogen (secondary N) is 1. The molecule has 1 atom stereocenters. The van der Waals surface area contributed by atoms with E-state index in [4.69, 9.17) is 21.1 Å². The van der Waals surface area contributed by atoms with Crippen LogP contribution in [0.15, 0.2) is 18.2 Å². The van der Waals surface area contributed by atoms with Gasteiger partial charge in [0.25, 0.3) is 0 Å². The van der Waals surface area contributed by atoms with Crippen LogP contribution in [0.4, 0.5) is 5.69 Å². The minimum Gasteiger partial charge on any atom is -0.465 e. The van der Waals surface area contributed by atoms with Crippen molar-refractivity contribution in [1.29, 1.82) is 0 Å². The van der Waals surface area contributed by atoms with E-state index in [0.717, 1.165) is 6.42 Å². The summed E-state index contributed by atoms with van der Waals surface area (Å²) in [6, 6.07) is 5.27. The van der Waals surface area contributed by atoms with E-state index >= 15 is 0 Å². The standard InChI is InChI=1S/C16H22ClNO3/c1-15(2)9-13(16(3,4)21-15)18-12-7-6-10(17)8-11(12)14(19)20-5/h6-8,13,18H,9H2,1-5H3. The van der Waals surface area contributed by atoms with Gasteiger partial charge in [0.15, 0.2) is 0 Å². The van der Waals surface area contributed by atoms with Crippen LogP contribution in [0.25, 0.3) is 0 Å². The molecule has 1 aliphatic heterocycles. The fourth-order valence-electron chi connectivity index (χ4n) is 2.90. The van der Waals surface area contributed by atoms with Gasteiger partial charge < -0.3 is 14.8 Å². The Kier molecular flexibility index (Phi) is 4.22. The van der Waals surface area contributed by atoms with Crippen molar-refractivity contribution in [2.45, 2.75) is 51.4 Å². The maximum atomic E-state index is 11.9. The predicted molar refractivity (Wildman–Crippen MR) is 84.1 cm³/mol. The number of ether oxygens (including phenoxy) is 2. The van der Waals surface area contributed by atoms with E-state index in [-0.39, 0.29) is 17.2 Å². The van der Waals surface area contributed by atoms with Gasteiger partial charge >= 0.3 is 5.97 Å². The van der Waals surface area contributed by atoms with E-state index in [0.29, 0.717) is 16.3 Å². The third kappa shape index (κ3) is 3.50. The highest BCUT2D eigenvalue weighted by Crippen LogP contribution is 2.39. The minimum atomic E-state index is -0.406. The van der Waals surface area contributed by atoms with Gasteiger partial charge in [-0.3, -0.25) is 0 Å². The lowest BCUT2D eigenvalue weighted by molar-refractivity contribution is -0.0662. The van der Waals surface area contributed by atoms with Gasteiger partial charge in [-0.2, -0.15) is 0 Å². The molecule has 1 aromatic carbocycles. The van der Waals surface area contributed by atoms with E-state index in [2.05, 4.69) is 19.2 Å². The molecule has 0 aliphatic carbocycles. The van der Waals surface area contributed by atoms with Crippen molar-refractivity contribution in [2.24, 2.45) is 0 Å². The SMILES string of the molecule is COC(=O)c1cc(Cl)ccc1NC1CC(C)(C)OC1(C)C. The van der Waals surface area contributed by atoms with Gasteiger partial charge in [0.2, 0.25) is 0 Å². The largest absolute Gasteiger partial charge is 0.465 e. The molecule has 0 aromatic heterocycles. The zero-order chi connectivity index (χ0) is 15.8. The Morgan fingerprint density at radius 1 is 1.38 bits per heavy atom. The van der Waals surface area contributed by atoms with E-state index in [9.17, 15) is 4.79 Å². The average molecular weight is 312 g/mol. The van der Waals surface area contributed by atoms with Crippen molar-refractivity contribution >= 4 is 23.3 Å². The number of benzene rings is 1. The van der Waals surface area contributed by atoms with Crippen LogP contribution >= 0.6 is 11.6 Å². The van der Waals surface area contributed by atoms with E-state index < -0.39 is 5.97 Å². The van der Waals surface area contributed by atoms with Crippen LogP contribution in [0.2, 0.25) is 5.02 Å². The van der Waals surface area contributed by atoms with Gasteiger partial charge in [0.05, 0.1) is 29.9 Å². The van der Waals surface area contributed by atoms with Gasteiger partial charge in [-0.05, 0) is 52.3 Å². The Hall–Kier alpha value is -1.26.